The molecule has 24 heavy (non-hydrogen) atoms. The summed E-state index contributed by atoms with van der Waals surface area (Å²) in [6.07, 6.45) is 0. The van der Waals surface area contributed by atoms with E-state index in [9.17, 15) is 13.6 Å². The third kappa shape index (κ3) is 3.46. The van der Waals surface area contributed by atoms with Crippen molar-refractivity contribution in [1.82, 2.24) is 9.97 Å². The minimum atomic E-state index is -2.90. The van der Waals surface area contributed by atoms with Crippen LogP contribution in [0.5, 0.6) is 5.75 Å². The molecule has 1 aliphatic heterocycles. The molecule has 0 atom stereocenters. The Kier molecular flexibility index (Phi) is 4.61. The second-order valence-corrected chi connectivity index (χ2v) is 5.15. The predicted molar refractivity (Wildman–Crippen MR) is 84.4 cm³/mol. The van der Waals surface area contributed by atoms with Gasteiger partial charge in [0, 0.05) is 13.1 Å². The van der Waals surface area contributed by atoms with Crippen molar-refractivity contribution in [3.63, 3.8) is 0 Å². The summed E-state index contributed by atoms with van der Waals surface area (Å²) in [6, 6.07) is 5.65. The van der Waals surface area contributed by atoms with E-state index in [1.54, 1.807) is 0 Å². The fourth-order valence-electron chi connectivity index (χ4n) is 2.49. The maximum absolute atomic E-state index is 12.4. The van der Waals surface area contributed by atoms with Gasteiger partial charge in [0.1, 0.15) is 11.6 Å². The van der Waals surface area contributed by atoms with Crippen molar-refractivity contribution in [2.75, 3.05) is 36.9 Å². The normalized spacial score (nSPS) is 14.9. The summed E-state index contributed by atoms with van der Waals surface area (Å²) in [4.78, 5) is 21.2. The number of hydrogen-bond donors (Lipinski definition) is 2. The summed E-state index contributed by atoms with van der Waals surface area (Å²) in [5.41, 5.74) is 6.20. The Labute approximate surface area is 136 Å². The molecule has 9 heteroatoms. The molecular weight excluding hydrogens is 322 g/mol. The topological polar surface area (TPSA) is 93.5 Å². The van der Waals surface area contributed by atoms with E-state index in [2.05, 4.69) is 14.7 Å². The number of nitrogens with zero attached hydrogens (tertiary/aromatic N) is 2. The molecular formula is C15H16F2N4O3. The highest BCUT2D eigenvalue weighted by atomic mass is 19.3. The number of rotatable bonds is 4. The second-order valence-electron chi connectivity index (χ2n) is 5.15. The first-order chi connectivity index (χ1) is 11.5. The largest absolute Gasteiger partial charge is 0.435 e. The average molecular weight is 338 g/mol. The second kappa shape index (κ2) is 6.83. The van der Waals surface area contributed by atoms with Gasteiger partial charge in [0.2, 0.25) is 5.95 Å². The molecule has 0 amide bonds. The molecule has 1 aliphatic rings. The van der Waals surface area contributed by atoms with Gasteiger partial charge in [-0.1, -0.05) is 12.1 Å². The Hall–Kier alpha value is -2.68. The Morgan fingerprint density at radius 2 is 1.92 bits per heavy atom. The summed E-state index contributed by atoms with van der Waals surface area (Å²) in [5.74, 6) is 0.464. The van der Waals surface area contributed by atoms with Crippen LogP contribution in [0.25, 0.3) is 11.1 Å². The minimum absolute atomic E-state index is 0.00152. The summed E-state index contributed by atoms with van der Waals surface area (Å²) in [6.45, 7) is -0.574. The Bertz CT molecular complexity index is 758. The Morgan fingerprint density at radius 3 is 2.50 bits per heavy atom. The number of H-pyrrole nitrogens is 1. The number of aromatic amines is 1. The number of hydrogen-bond acceptors (Lipinski definition) is 6. The van der Waals surface area contributed by atoms with Crippen LogP contribution >= 0.6 is 0 Å². The SMILES string of the molecule is Nc1nc(N2CCOCC2)[nH]c(=O)c1-c1ccc(OC(F)F)cc1. The molecule has 0 unspecified atom stereocenters. The van der Waals surface area contributed by atoms with Crippen LogP contribution in [0.1, 0.15) is 0 Å². The van der Waals surface area contributed by atoms with Gasteiger partial charge in [-0.2, -0.15) is 13.8 Å². The summed E-state index contributed by atoms with van der Waals surface area (Å²) in [5, 5.41) is 0. The van der Waals surface area contributed by atoms with Crippen LogP contribution in [-0.4, -0.2) is 42.9 Å². The van der Waals surface area contributed by atoms with Crippen molar-refractivity contribution in [3.8, 4) is 16.9 Å². The van der Waals surface area contributed by atoms with Gasteiger partial charge in [-0.25, -0.2) is 0 Å². The van der Waals surface area contributed by atoms with Crippen molar-refractivity contribution >= 4 is 11.8 Å². The molecule has 0 radical (unpaired) electrons. The van der Waals surface area contributed by atoms with Gasteiger partial charge < -0.3 is 20.1 Å². The lowest BCUT2D eigenvalue weighted by Crippen LogP contribution is -2.38. The van der Waals surface area contributed by atoms with Gasteiger partial charge in [-0.15, -0.1) is 0 Å². The number of aromatic nitrogens is 2. The lowest BCUT2D eigenvalue weighted by molar-refractivity contribution is -0.0498. The number of ether oxygens (including phenoxy) is 2. The van der Waals surface area contributed by atoms with Crippen molar-refractivity contribution < 1.29 is 18.3 Å². The van der Waals surface area contributed by atoms with Crippen LogP contribution < -0.4 is 20.9 Å². The molecule has 0 spiro atoms. The molecule has 1 saturated heterocycles. The number of alkyl halides is 2. The smallest absolute Gasteiger partial charge is 0.387 e. The predicted octanol–water partition coefficient (Wildman–Crippen LogP) is 1.46. The molecule has 3 rings (SSSR count). The van der Waals surface area contributed by atoms with Gasteiger partial charge in [0.15, 0.2) is 0 Å². The number of halogens is 2. The number of nitrogens with one attached hydrogen (secondary N) is 1. The molecule has 0 aliphatic carbocycles. The maximum atomic E-state index is 12.4. The van der Waals surface area contributed by atoms with E-state index in [1.807, 2.05) is 4.90 Å². The highest BCUT2D eigenvalue weighted by Gasteiger charge is 2.17. The first-order valence-corrected chi connectivity index (χ1v) is 7.32. The quantitative estimate of drug-likeness (QED) is 0.877. The first kappa shape index (κ1) is 16.2. The molecule has 3 N–H and O–H groups in total. The van der Waals surface area contributed by atoms with Crippen LogP contribution in [0.2, 0.25) is 0 Å². The van der Waals surface area contributed by atoms with E-state index in [0.29, 0.717) is 37.8 Å². The lowest BCUT2D eigenvalue weighted by Gasteiger charge is -2.27. The third-order valence-electron chi connectivity index (χ3n) is 3.61. The summed E-state index contributed by atoms with van der Waals surface area (Å²) in [7, 11) is 0. The zero-order chi connectivity index (χ0) is 17.1. The lowest BCUT2D eigenvalue weighted by atomic mass is 10.1. The van der Waals surface area contributed by atoms with Crippen molar-refractivity contribution in [2.45, 2.75) is 6.61 Å². The Morgan fingerprint density at radius 1 is 1.25 bits per heavy atom. The number of nitrogen functional groups attached to an aromatic ring is 1. The zero-order valence-corrected chi connectivity index (χ0v) is 12.7. The van der Waals surface area contributed by atoms with E-state index in [0.717, 1.165) is 0 Å². The van der Waals surface area contributed by atoms with Gasteiger partial charge in [0.25, 0.3) is 5.56 Å². The molecule has 0 saturated carbocycles. The van der Waals surface area contributed by atoms with Crippen LogP contribution in [0.15, 0.2) is 29.1 Å². The Balaban J connectivity index is 1.89. The summed E-state index contributed by atoms with van der Waals surface area (Å²) >= 11 is 0. The summed E-state index contributed by atoms with van der Waals surface area (Å²) < 4.78 is 33.9. The van der Waals surface area contributed by atoms with Crippen LogP contribution in [0.3, 0.4) is 0 Å². The van der Waals surface area contributed by atoms with Crippen LogP contribution in [-0.2, 0) is 4.74 Å². The van der Waals surface area contributed by atoms with Gasteiger partial charge in [-0.05, 0) is 17.7 Å². The molecule has 1 aromatic carbocycles. The molecule has 1 aromatic heterocycles. The average Bonchev–Trinajstić information content (AvgIpc) is 2.56. The highest BCUT2D eigenvalue weighted by molar-refractivity contribution is 5.74. The molecule has 1 fully saturated rings. The van der Waals surface area contributed by atoms with Crippen molar-refractivity contribution in [3.05, 3.63) is 34.6 Å². The van der Waals surface area contributed by atoms with Gasteiger partial charge >= 0.3 is 6.61 Å². The van der Waals surface area contributed by atoms with E-state index in [-0.39, 0.29) is 17.1 Å². The standard InChI is InChI=1S/C15H16F2N4O3/c16-14(17)24-10-3-1-9(2-4-10)11-12(18)19-15(20-13(11)22)21-5-7-23-8-6-21/h1-4,14H,5-8H2,(H3,18,19,20,22). The number of nitrogens with two attached hydrogens (primary N) is 1. The number of morpholine rings is 1. The fourth-order valence-corrected chi connectivity index (χ4v) is 2.49. The van der Waals surface area contributed by atoms with Gasteiger partial charge in [0.05, 0.1) is 18.8 Å². The van der Waals surface area contributed by atoms with Crippen LogP contribution in [0.4, 0.5) is 20.5 Å². The molecule has 7 nitrogen and oxygen atoms in total. The maximum Gasteiger partial charge on any atom is 0.387 e. The van der Waals surface area contributed by atoms with E-state index < -0.39 is 12.2 Å². The monoisotopic (exact) mass is 338 g/mol. The fraction of sp³-hybridized carbons (Fsp3) is 0.333. The van der Waals surface area contributed by atoms with E-state index >= 15 is 0 Å². The molecule has 128 valence electrons. The van der Waals surface area contributed by atoms with Crippen molar-refractivity contribution in [1.29, 1.82) is 0 Å². The minimum Gasteiger partial charge on any atom is -0.435 e. The molecule has 2 heterocycles. The zero-order valence-electron chi connectivity index (χ0n) is 12.7. The highest BCUT2D eigenvalue weighted by Crippen LogP contribution is 2.25. The first-order valence-electron chi connectivity index (χ1n) is 7.32. The number of benzene rings is 1. The van der Waals surface area contributed by atoms with Crippen molar-refractivity contribution in [2.24, 2.45) is 0 Å². The molecule has 2 aromatic rings. The van der Waals surface area contributed by atoms with E-state index in [1.165, 1.54) is 24.3 Å². The van der Waals surface area contributed by atoms with Crippen LogP contribution in [0, 0.1) is 0 Å². The third-order valence-corrected chi connectivity index (χ3v) is 3.61. The molecule has 0 bridgehead atoms. The number of anilines is 2. The van der Waals surface area contributed by atoms with Gasteiger partial charge in [-0.3, -0.25) is 9.78 Å². The van der Waals surface area contributed by atoms with E-state index in [4.69, 9.17) is 10.5 Å².